The zero-order valence-electron chi connectivity index (χ0n) is 17.2. The van der Waals surface area contributed by atoms with Gasteiger partial charge in [-0.05, 0) is 40.6 Å². The first kappa shape index (κ1) is 21.2. The van der Waals surface area contributed by atoms with Gasteiger partial charge in [-0.25, -0.2) is 4.98 Å². The van der Waals surface area contributed by atoms with E-state index in [1.807, 2.05) is 42.5 Å². The van der Waals surface area contributed by atoms with Crippen molar-refractivity contribution in [2.45, 2.75) is 19.1 Å². The molecule has 0 aliphatic heterocycles. The van der Waals surface area contributed by atoms with Gasteiger partial charge in [0.15, 0.2) is 5.13 Å². The summed E-state index contributed by atoms with van der Waals surface area (Å²) < 4.78 is 46.3. The lowest BCUT2D eigenvalue weighted by atomic mass is 10.0. The molecule has 2 aromatic heterocycles. The van der Waals surface area contributed by atoms with Crippen molar-refractivity contribution in [3.8, 4) is 0 Å². The van der Waals surface area contributed by atoms with E-state index in [1.165, 1.54) is 17.2 Å². The van der Waals surface area contributed by atoms with Crippen LogP contribution in [0.2, 0.25) is 0 Å². The van der Waals surface area contributed by atoms with Crippen molar-refractivity contribution >= 4 is 43.4 Å². The number of alkyl halides is 3. The van der Waals surface area contributed by atoms with Crippen molar-refractivity contribution in [2.24, 2.45) is 0 Å². The number of aromatic nitrogens is 1. The SMILES string of the molecule is O=C(Cc1cccc2ccccc12)N(Cc1ccco1)c1nc2c(C(F)(F)F)cccc2s1. The first-order valence-electron chi connectivity index (χ1n) is 10.2. The molecule has 166 valence electrons. The molecule has 0 aliphatic carbocycles. The number of rotatable bonds is 5. The van der Waals surface area contributed by atoms with E-state index in [0.29, 0.717) is 10.5 Å². The normalized spacial score (nSPS) is 11.8. The van der Waals surface area contributed by atoms with Crippen LogP contribution in [0.4, 0.5) is 18.3 Å². The molecule has 0 atom stereocenters. The van der Waals surface area contributed by atoms with Gasteiger partial charge >= 0.3 is 6.18 Å². The average molecular weight is 466 g/mol. The molecule has 2 heterocycles. The quantitative estimate of drug-likeness (QED) is 0.285. The Morgan fingerprint density at radius 1 is 0.970 bits per heavy atom. The molecule has 0 N–H and O–H groups in total. The lowest BCUT2D eigenvalue weighted by Gasteiger charge is -2.19. The standard InChI is InChI=1S/C25H17F3N2O2S/c26-25(27,28)20-11-4-12-21-23(20)29-24(33-21)30(15-18-9-5-13-32-18)22(31)14-17-8-3-7-16-6-1-2-10-19(16)17/h1-13H,14-15H2. The monoisotopic (exact) mass is 466 g/mol. The molecule has 1 amide bonds. The van der Waals surface area contributed by atoms with Crippen molar-refractivity contribution in [1.82, 2.24) is 4.98 Å². The van der Waals surface area contributed by atoms with E-state index < -0.39 is 11.7 Å². The summed E-state index contributed by atoms with van der Waals surface area (Å²) in [5.41, 5.74) is -0.144. The summed E-state index contributed by atoms with van der Waals surface area (Å²) in [4.78, 5) is 19.1. The van der Waals surface area contributed by atoms with Gasteiger partial charge in [0, 0.05) is 0 Å². The number of carbonyl (C=O) groups is 1. The molecular formula is C25H17F3N2O2S. The van der Waals surface area contributed by atoms with Crippen LogP contribution < -0.4 is 4.90 Å². The second-order valence-electron chi connectivity index (χ2n) is 7.52. The fraction of sp³-hybridized carbons (Fsp3) is 0.120. The third kappa shape index (κ3) is 4.21. The summed E-state index contributed by atoms with van der Waals surface area (Å²) in [6, 6.07) is 20.8. The predicted octanol–water partition coefficient (Wildman–Crippen LogP) is 6.84. The van der Waals surface area contributed by atoms with E-state index in [4.69, 9.17) is 4.42 Å². The molecule has 0 unspecified atom stereocenters. The molecule has 0 radical (unpaired) electrons. The maximum Gasteiger partial charge on any atom is 0.418 e. The summed E-state index contributed by atoms with van der Waals surface area (Å²) in [7, 11) is 0. The van der Waals surface area contributed by atoms with Crippen LogP contribution in [0.5, 0.6) is 0 Å². The minimum atomic E-state index is -4.54. The number of carbonyl (C=O) groups excluding carboxylic acids is 1. The number of hydrogen-bond acceptors (Lipinski definition) is 4. The smallest absolute Gasteiger partial charge is 0.418 e. The second kappa shape index (κ2) is 8.37. The Labute approximate surface area is 190 Å². The van der Waals surface area contributed by atoms with Crippen LogP contribution in [0.3, 0.4) is 0 Å². The second-order valence-corrected chi connectivity index (χ2v) is 8.53. The Morgan fingerprint density at radius 2 is 1.76 bits per heavy atom. The van der Waals surface area contributed by atoms with E-state index in [2.05, 4.69) is 4.98 Å². The molecule has 3 aromatic carbocycles. The maximum absolute atomic E-state index is 13.5. The third-order valence-corrected chi connectivity index (χ3v) is 6.40. The van der Waals surface area contributed by atoms with E-state index >= 15 is 0 Å². The molecule has 0 saturated carbocycles. The number of nitrogens with zero attached hydrogens (tertiary/aromatic N) is 2. The number of para-hydroxylation sites is 1. The van der Waals surface area contributed by atoms with Gasteiger partial charge in [0.1, 0.15) is 5.76 Å². The highest BCUT2D eigenvalue weighted by molar-refractivity contribution is 7.22. The van der Waals surface area contributed by atoms with Crippen LogP contribution in [0, 0.1) is 0 Å². The van der Waals surface area contributed by atoms with Gasteiger partial charge in [0.25, 0.3) is 0 Å². The fourth-order valence-corrected chi connectivity index (χ4v) is 4.82. The Bertz CT molecular complexity index is 1440. The third-order valence-electron chi connectivity index (χ3n) is 5.36. The molecule has 0 saturated heterocycles. The van der Waals surface area contributed by atoms with Crippen molar-refractivity contribution < 1.29 is 22.4 Å². The Morgan fingerprint density at radius 3 is 2.55 bits per heavy atom. The number of thiazole rings is 1. The van der Waals surface area contributed by atoms with E-state index in [-0.39, 0.29) is 29.5 Å². The highest BCUT2D eigenvalue weighted by Crippen LogP contribution is 2.39. The first-order valence-corrected chi connectivity index (χ1v) is 11.0. The summed E-state index contributed by atoms with van der Waals surface area (Å²) in [5, 5.41) is 2.16. The largest absolute Gasteiger partial charge is 0.467 e. The molecule has 5 aromatic rings. The highest BCUT2D eigenvalue weighted by Gasteiger charge is 2.34. The van der Waals surface area contributed by atoms with Gasteiger partial charge in [0.2, 0.25) is 5.91 Å². The van der Waals surface area contributed by atoms with Gasteiger partial charge in [0.05, 0.1) is 35.0 Å². The van der Waals surface area contributed by atoms with Gasteiger partial charge in [-0.15, -0.1) is 0 Å². The van der Waals surface area contributed by atoms with Crippen LogP contribution in [-0.2, 0) is 23.9 Å². The molecule has 0 bridgehead atoms. The lowest BCUT2D eigenvalue weighted by Crippen LogP contribution is -2.31. The number of hydrogen-bond donors (Lipinski definition) is 0. The van der Waals surface area contributed by atoms with Gasteiger partial charge < -0.3 is 4.42 Å². The summed E-state index contributed by atoms with van der Waals surface area (Å²) in [6.07, 6.45) is -2.98. The number of amides is 1. The molecular weight excluding hydrogens is 449 g/mol. The van der Waals surface area contributed by atoms with E-state index in [0.717, 1.165) is 33.7 Å². The van der Waals surface area contributed by atoms with Gasteiger partial charge in [-0.3, -0.25) is 9.69 Å². The molecule has 4 nitrogen and oxygen atoms in total. The summed E-state index contributed by atoms with van der Waals surface area (Å²) >= 11 is 1.05. The number of benzene rings is 3. The Hall–Kier alpha value is -3.65. The average Bonchev–Trinajstić information content (AvgIpc) is 3.46. The Balaban J connectivity index is 1.56. The van der Waals surface area contributed by atoms with Crippen molar-refractivity contribution in [2.75, 3.05) is 4.90 Å². The van der Waals surface area contributed by atoms with Crippen LogP contribution in [0.25, 0.3) is 21.0 Å². The zero-order chi connectivity index (χ0) is 23.0. The Kier molecular flexibility index (Phi) is 5.38. The van der Waals surface area contributed by atoms with E-state index in [9.17, 15) is 18.0 Å². The van der Waals surface area contributed by atoms with Crippen LogP contribution in [0.1, 0.15) is 16.9 Å². The number of fused-ring (bicyclic) bond motifs is 2. The predicted molar refractivity (Wildman–Crippen MR) is 122 cm³/mol. The first-order chi connectivity index (χ1) is 15.9. The number of anilines is 1. The molecule has 0 aliphatic rings. The minimum Gasteiger partial charge on any atom is -0.467 e. The van der Waals surface area contributed by atoms with Gasteiger partial charge in [-0.1, -0.05) is 59.9 Å². The van der Waals surface area contributed by atoms with Crippen molar-refractivity contribution in [3.05, 3.63) is 95.9 Å². The molecule has 5 rings (SSSR count). The highest BCUT2D eigenvalue weighted by atomic mass is 32.1. The zero-order valence-corrected chi connectivity index (χ0v) is 18.0. The molecule has 33 heavy (non-hydrogen) atoms. The van der Waals surface area contributed by atoms with Crippen LogP contribution in [0.15, 0.2) is 83.5 Å². The van der Waals surface area contributed by atoms with Crippen molar-refractivity contribution in [1.29, 1.82) is 0 Å². The molecule has 0 spiro atoms. The summed E-state index contributed by atoms with van der Waals surface area (Å²) in [5.74, 6) is 0.229. The van der Waals surface area contributed by atoms with Crippen LogP contribution >= 0.6 is 11.3 Å². The topological polar surface area (TPSA) is 46.3 Å². The molecule has 0 fully saturated rings. The lowest BCUT2D eigenvalue weighted by molar-refractivity contribution is -0.136. The van der Waals surface area contributed by atoms with Gasteiger partial charge in [-0.2, -0.15) is 13.2 Å². The van der Waals surface area contributed by atoms with Crippen LogP contribution in [-0.4, -0.2) is 10.9 Å². The number of furan rings is 1. The maximum atomic E-state index is 13.5. The summed E-state index contributed by atoms with van der Waals surface area (Å²) in [6.45, 7) is 0.0672. The van der Waals surface area contributed by atoms with E-state index in [1.54, 1.807) is 18.2 Å². The number of halogens is 3. The van der Waals surface area contributed by atoms with Crippen molar-refractivity contribution in [3.63, 3.8) is 0 Å². The molecule has 8 heteroatoms. The minimum absolute atomic E-state index is 0.0672. The fourth-order valence-electron chi connectivity index (χ4n) is 3.81.